The Morgan fingerprint density at radius 3 is 3.15 bits per heavy atom. The van der Waals surface area contributed by atoms with Gasteiger partial charge in [0.1, 0.15) is 6.56 Å². The molecule has 3 rings (SSSR count). The Morgan fingerprint density at radius 1 is 1.60 bits per heavy atom. The van der Waals surface area contributed by atoms with Gasteiger partial charge in [-0.25, -0.2) is 4.79 Å². The highest BCUT2D eigenvalue weighted by Crippen LogP contribution is 2.21. The standard InChI is InChI=1S/C14H14N2O4/c17-13(18)5-9-6-15-12-2-1-8(4-11(9)12)3-10-7-20-14(19)16-10/h1-2,4,6,10,15H,3,5,7H2,(H,16,19)(H,17,18)/t10-/m0/s1/i1D,2D,4D,6D,7D2. The minimum Gasteiger partial charge on any atom is -0.481 e. The number of alkyl carbamates (subject to hydrolysis) is 1. The maximum absolute atomic E-state index is 11.3. The second-order valence-corrected chi connectivity index (χ2v) is 4.31. The van der Waals surface area contributed by atoms with Crippen molar-refractivity contribution < 1.29 is 27.7 Å². The van der Waals surface area contributed by atoms with Crippen LogP contribution >= 0.6 is 0 Å². The highest BCUT2D eigenvalue weighted by atomic mass is 16.6. The second kappa shape index (κ2) is 4.88. The van der Waals surface area contributed by atoms with Gasteiger partial charge in [0.25, 0.3) is 0 Å². The van der Waals surface area contributed by atoms with E-state index in [1.807, 2.05) is 0 Å². The number of amides is 1. The van der Waals surface area contributed by atoms with Gasteiger partial charge in [0.15, 0.2) is 0 Å². The number of carbonyl (C=O) groups excluding carboxylic acids is 1. The van der Waals surface area contributed by atoms with Gasteiger partial charge in [0, 0.05) is 17.1 Å². The van der Waals surface area contributed by atoms with Crippen LogP contribution in [0.1, 0.15) is 19.4 Å². The first-order chi connectivity index (χ1) is 12.0. The molecule has 1 fully saturated rings. The molecule has 2 aromatic rings. The van der Waals surface area contributed by atoms with Crippen molar-refractivity contribution in [2.24, 2.45) is 0 Å². The number of nitrogens with one attached hydrogen (secondary N) is 2. The van der Waals surface area contributed by atoms with Gasteiger partial charge in [-0.3, -0.25) is 4.79 Å². The first kappa shape index (κ1) is 7.33. The maximum atomic E-state index is 11.3. The number of hydrogen-bond donors (Lipinski definition) is 3. The van der Waals surface area contributed by atoms with Gasteiger partial charge < -0.3 is 20.1 Å². The molecule has 0 aliphatic carbocycles. The van der Waals surface area contributed by atoms with Crippen LogP contribution in [0.3, 0.4) is 0 Å². The zero-order chi connectivity index (χ0) is 19.4. The molecule has 1 saturated heterocycles. The Kier molecular flexibility index (Phi) is 1.79. The van der Waals surface area contributed by atoms with E-state index in [4.69, 9.17) is 13.3 Å². The monoisotopic (exact) mass is 280 g/mol. The molecule has 1 aromatic heterocycles. The topological polar surface area (TPSA) is 91.4 Å². The zero-order valence-electron chi connectivity index (χ0n) is 16.2. The van der Waals surface area contributed by atoms with Crippen LogP contribution in [-0.2, 0) is 22.4 Å². The lowest BCUT2D eigenvalue weighted by Gasteiger charge is -2.07. The van der Waals surface area contributed by atoms with Crippen molar-refractivity contribution >= 4 is 23.0 Å². The molecule has 20 heavy (non-hydrogen) atoms. The molecule has 2 heterocycles. The van der Waals surface area contributed by atoms with Crippen molar-refractivity contribution in [3.63, 3.8) is 0 Å². The summed E-state index contributed by atoms with van der Waals surface area (Å²) in [5.41, 5.74) is -0.00509. The fraction of sp³-hybridized carbons (Fsp3) is 0.286. The normalized spacial score (nSPS) is 24.8. The Hall–Kier alpha value is -2.50. The number of benzene rings is 1. The van der Waals surface area contributed by atoms with E-state index in [-0.39, 0.29) is 52.8 Å². The summed E-state index contributed by atoms with van der Waals surface area (Å²) in [7, 11) is 0. The number of carboxylic acids is 1. The van der Waals surface area contributed by atoms with Gasteiger partial charge in [0.2, 0.25) is 0 Å². The molecule has 1 amide bonds. The number of H-pyrrole nitrogens is 1. The highest BCUT2D eigenvalue weighted by Gasteiger charge is 2.22. The van der Waals surface area contributed by atoms with Gasteiger partial charge in [-0.05, 0) is 29.6 Å². The lowest BCUT2D eigenvalue weighted by atomic mass is 10.0. The van der Waals surface area contributed by atoms with E-state index in [0.717, 1.165) is 0 Å². The summed E-state index contributed by atoms with van der Waals surface area (Å²) in [6.07, 6.45) is -2.05. The lowest BCUT2D eigenvalue weighted by Crippen LogP contribution is -2.28. The van der Waals surface area contributed by atoms with Gasteiger partial charge in [-0.2, -0.15) is 0 Å². The first-order valence-corrected chi connectivity index (χ1v) is 5.84. The van der Waals surface area contributed by atoms with Crippen LogP contribution in [0.5, 0.6) is 0 Å². The lowest BCUT2D eigenvalue weighted by molar-refractivity contribution is -0.136. The van der Waals surface area contributed by atoms with E-state index in [1.54, 1.807) is 0 Å². The summed E-state index contributed by atoms with van der Waals surface area (Å²) in [4.78, 5) is 24.9. The SMILES string of the molecule is [2H]c1[nH]c2c([2H])c([2H])c(C[C@@H]3NC(=O)OC3([2H])[2H])c([2H])c2c1CC(=O)O. The number of cyclic esters (lactones) is 1. The molecular formula is C14H14N2O4. The molecule has 1 aliphatic heterocycles. The van der Waals surface area contributed by atoms with Crippen LogP contribution < -0.4 is 5.32 Å². The largest absolute Gasteiger partial charge is 0.481 e. The Labute approximate surface area is 123 Å². The van der Waals surface area contributed by atoms with Gasteiger partial charge in [-0.15, -0.1) is 0 Å². The molecule has 3 N–H and O–H groups in total. The number of carbonyl (C=O) groups is 2. The van der Waals surface area contributed by atoms with E-state index in [0.29, 0.717) is 0 Å². The Bertz CT molecular complexity index is 942. The van der Waals surface area contributed by atoms with E-state index >= 15 is 0 Å². The maximum Gasteiger partial charge on any atom is 0.407 e. The number of aromatic nitrogens is 1. The van der Waals surface area contributed by atoms with Crippen LogP contribution in [0.4, 0.5) is 4.79 Å². The molecule has 6 heteroatoms. The van der Waals surface area contributed by atoms with Crippen molar-refractivity contribution in [2.75, 3.05) is 6.56 Å². The van der Waals surface area contributed by atoms with E-state index in [2.05, 4.69) is 15.0 Å². The molecule has 0 radical (unpaired) electrons. The quantitative estimate of drug-likeness (QED) is 0.790. The number of rotatable bonds is 4. The summed E-state index contributed by atoms with van der Waals surface area (Å²) < 4.78 is 52.3. The number of ether oxygens (including phenoxy) is 1. The summed E-state index contributed by atoms with van der Waals surface area (Å²) >= 11 is 0. The number of carboxylic acid groups (broad SMARTS) is 1. The molecule has 1 atom stereocenters. The summed E-state index contributed by atoms with van der Waals surface area (Å²) in [6, 6.07) is -2.13. The van der Waals surface area contributed by atoms with Crippen LogP contribution in [0.25, 0.3) is 10.9 Å². The predicted octanol–water partition coefficient (Wildman–Crippen LogP) is 1.45. The first-order valence-electron chi connectivity index (χ1n) is 8.84. The Morgan fingerprint density at radius 2 is 2.45 bits per heavy atom. The van der Waals surface area contributed by atoms with Crippen molar-refractivity contribution in [3.8, 4) is 0 Å². The van der Waals surface area contributed by atoms with Gasteiger partial charge in [-0.1, -0.05) is 6.04 Å². The summed E-state index contributed by atoms with van der Waals surface area (Å²) in [5, 5.41) is 11.3. The fourth-order valence-corrected chi connectivity index (χ4v) is 1.97. The molecule has 0 bridgehead atoms. The fourth-order valence-electron chi connectivity index (χ4n) is 1.97. The minimum atomic E-state index is -2.35. The van der Waals surface area contributed by atoms with Crippen LogP contribution in [0, 0.1) is 0 Å². The number of hydrogen-bond acceptors (Lipinski definition) is 3. The van der Waals surface area contributed by atoms with Gasteiger partial charge >= 0.3 is 12.1 Å². The molecule has 1 aliphatic rings. The third kappa shape index (κ3) is 2.45. The molecule has 1 aromatic carbocycles. The van der Waals surface area contributed by atoms with Crippen molar-refractivity contribution in [1.29, 1.82) is 0 Å². The summed E-state index contributed by atoms with van der Waals surface area (Å²) in [5.74, 6) is -1.21. The third-order valence-corrected chi connectivity index (χ3v) is 2.83. The molecule has 0 unspecified atom stereocenters. The van der Waals surface area contributed by atoms with Crippen molar-refractivity contribution in [2.45, 2.75) is 18.9 Å². The van der Waals surface area contributed by atoms with Crippen molar-refractivity contribution in [1.82, 2.24) is 10.3 Å². The van der Waals surface area contributed by atoms with E-state index in [1.165, 1.54) is 0 Å². The number of aliphatic carboxylic acids is 1. The van der Waals surface area contributed by atoms with E-state index in [9.17, 15) is 9.59 Å². The molecule has 0 saturated carbocycles. The van der Waals surface area contributed by atoms with Crippen LogP contribution in [0.2, 0.25) is 0 Å². The Balaban J connectivity index is 2.17. The highest BCUT2D eigenvalue weighted by molar-refractivity contribution is 5.87. The molecule has 0 spiro atoms. The summed E-state index contributed by atoms with van der Waals surface area (Å²) in [6.45, 7) is -2.35. The average molecular weight is 280 g/mol. The molecule has 6 nitrogen and oxygen atoms in total. The van der Waals surface area contributed by atoms with Crippen LogP contribution in [-0.4, -0.2) is 34.8 Å². The number of aromatic amines is 1. The third-order valence-electron chi connectivity index (χ3n) is 2.83. The zero-order valence-corrected chi connectivity index (χ0v) is 10.2. The van der Waals surface area contributed by atoms with Crippen LogP contribution in [0.15, 0.2) is 24.3 Å². The number of fused-ring (bicyclic) bond motifs is 1. The predicted molar refractivity (Wildman–Crippen MR) is 71.6 cm³/mol. The molecular weight excluding hydrogens is 260 g/mol. The van der Waals surface area contributed by atoms with Crippen molar-refractivity contribution in [3.05, 3.63) is 35.4 Å². The average Bonchev–Trinajstić information content (AvgIpc) is 2.97. The smallest absolute Gasteiger partial charge is 0.407 e. The van der Waals surface area contributed by atoms with Gasteiger partial charge in [0.05, 0.1) is 20.7 Å². The molecule has 104 valence electrons. The van der Waals surface area contributed by atoms with E-state index < -0.39 is 31.1 Å². The minimum absolute atomic E-state index is 0.0136. The second-order valence-electron chi connectivity index (χ2n) is 4.31.